The fourth-order valence-electron chi connectivity index (χ4n) is 2.15. The molecule has 0 saturated carbocycles. The van der Waals surface area contributed by atoms with Gasteiger partial charge >= 0.3 is 0 Å². The number of hydrogen-bond acceptors (Lipinski definition) is 2. The Hall–Kier alpha value is -1.67. The average molecular weight is 240 g/mol. The Kier molecular flexibility index (Phi) is 3.78. The van der Waals surface area contributed by atoms with Crippen molar-refractivity contribution in [3.63, 3.8) is 0 Å². The van der Waals surface area contributed by atoms with Crippen molar-refractivity contribution in [1.82, 2.24) is 4.98 Å². The molecule has 0 aliphatic rings. The quantitative estimate of drug-likeness (QED) is 0.892. The van der Waals surface area contributed by atoms with E-state index in [2.05, 4.69) is 43.1 Å². The van der Waals surface area contributed by atoms with Gasteiger partial charge in [0.25, 0.3) is 0 Å². The van der Waals surface area contributed by atoms with Gasteiger partial charge in [-0.25, -0.2) is 0 Å². The molecular weight excluding hydrogens is 220 g/mol. The van der Waals surface area contributed by atoms with Gasteiger partial charge in [-0.2, -0.15) is 0 Å². The van der Waals surface area contributed by atoms with E-state index in [4.69, 9.17) is 5.73 Å². The van der Waals surface area contributed by atoms with Gasteiger partial charge in [-0.1, -0.05) is 31.2 Å². The van der Waals surface area contributed by atoms with Crippen LogP contribution in [0.1, 0.15) is 30.5 Å². The minimum atomic E-state index is -0.340. The van der Waals surface area contributed by atoms with E-state index in [9.17, 15) is 0 Å². The van der Waals surface area contributed by atoms with Crippen LogP contribution in [0.25, 0.3) is 0 Å². The van der Waals surface area contributed by atoms with Crippen molar-refractivity contribution in [2.45, 2.75) is 32.2 Å². The maximum Gasteiger partial charge on any atom is 0.0421 e. The summed E-state index contributed by atoms with van der Waals surface area (Å²) < 4.78 is 0. The third kappa shape index (κ3) is 2.96. The average Bonchev–Trinajstić information content (AvgIpc) is 2.39. The van der Waals surface area contributed by atoms with E-state index < -0.39 is 0 Å². The number of aryl methyl sites for hydroxylation is 1. The van der Waals surface area contributed by atoms with Crippen LogP contribution < -0.4 is 5.73 Å². The van der Waals surface area contributed by atoms with E-state index in [0.29, 0.717) is 0 Å². The molecule has 2 rings (SSSR count). The highest BCUT2D eigenvalue weighted by Crippen LogP contribution is 2.23. The highest BCUT2D eigenvalue weighted by atomic mass is 14.7. The van der Waals surface area contributed by atoms with Crippen LogP contribution in [-0.4, -0.2) is 4.98 Å². The van der Waals surface area contributed by atoms with Gasteiger partial charge in [0.2, 0.25) is 0 Å². The van der Waals surface area contributed by atoms with Gasteiger partial charge in [0.1, 0.15) is 0 Å². The first kappa shape index (κ1) is 12.8. The zero-order chi connectivity index (χ0) is 13.0. The smallest absolute Gasteiger partial charge is 0.0421 e. The topological polar surface area (TPSA) is 38.9 Å². The summed E-state index contributed by atoms with van der Waals surface area (Å²) in [5, 5.41) is 0. The van der Waals surface area contributed by atoms with Gasteiger partial charge in [-0.15, -0.1) is 0 Å². The number of nitrogens with zero attached hydrogens (tertiary/aromatic N) is 1. The third-order valence-electron chi connectivity index (χ3n) is 3.34. The highest BCUT2D eigenvalue weighted by molar-refractivity contribution is 5.30. The molecule has 0 bridgehead atoms. The number of hydrogen-bond donors (Lipinski definition) is 1. The van der Waals surface area contributed by atoms with Crippen LogP contribution in [0.3, 0.4) is 0 Å². The standard InChI is InChI=1S/C16H20N2/c1-3-13-4-6-15(7-5-13)16(2,17)12-14-8-10-18-11-9-14/h4-11H,3,12,17H2,1-2H3. The summed E-state index contributed by atoms with van der Waals surface area (Å²) in [6.07, 6.45) is 5.50. The molecule has 2 N–H and O–H groups in total. The molecule has 0 spiro atoms. The fraction of sp³-hybridized carbons (Fsp3) is 0.312. The second-order valence-electron chi connectivity index (χ2n) is 5.00. The summed E-state index contributed by atoms with van der Waals surface area (Å²) in [6, 6.07) is 12.6. The second-order valence-corrected chi connectivity index (χ2v) is 5.00. The van der Waals surface area contributed by atoms with Crippen LogP contribution in [0, 0.1) is 0 Å². The summed E-state index contributed by atoms with van der Waals surface area (Å²) in [7, 11) is 0. The molecule has 18 heavy (non-hydrogen) atoms. The van der Waals surface area contributed by atoms with Crippen molar-refractivity contribution < 1.29 is 0 Å². The van der Waals surface area contributed by atoms with E-state index in [0.717, 1.165) is 12.8 Å². The number of rotatable bonds is 4. The van der Waals surface area contributed by atoms with E-state index >= 15 is 0 Å². The number of benzene rings is 1. The van der Waals surface area contributed by atoms with Crippen molar-refractivity contribution in [3.05, 3.63) is 65.5 Å². The normalized spacial score (nSPS) is 14.2. The monoisotopic (exact) mass is 240 g/mol. The molecule has 2 heteroatoms. The molecular formula is C16H20N2. The lowest BCUT2D eigenvalue weighted by atomic mass is 9.86. The predicted octanol–water partition coefficient (Wildman–Crippen LogP) is 3.06. The minimum absolute atomic E-state index is 0.340. The highest BCUT2D eigenvalue weighted by Gasteiger charge is 2.21. The van der Waals surface area contributed by atoms with Gasteiger partial charge in [0.05, 0.1) is 0 Å². The van der Waals surface area contributed by atoms with Crippen molar-refractivity contribution in [2.75, 3.05) is 0 Å². The molecule has 0 aliphatic carbocycles. The number of pyridine rings is 1. The lowest BCUT2D eigenvalue weighted by Gasteiger charge is -2.25. The maximum atomic E-state index is 6.44. The van der Waals surface area contributed by atoms with E-state index in [1.54, 1.807) is 0 Å². The van der Waals surface area contributed by atoms with Crippen LogP contribution in [0.4, 0.5) is 0 Å². The molecule has 94 valence electrons. The molecule has 0 amide bonds. The lowest BCUT2D eigenvalue weighted by Crippen LogP contribution is -2.35. The van der Waals surface area contributed by atoms with Gasteiger partial charge in [-0.3, -0.25) is 4.98 Å². The molecule has 0 fully saturated rings. The van der Waals surface area contributed by atoms with Gasteiger partial charge in [-0.05, 0) is 48.6 Å². The van der Waals surface area contributed by atoms with Crippen molar-refractivity contribution >= 4 is 0 Å². The van der Waals surface area contributed by atoms with Gasteiger partial charge in [0.15, 0.2) is 0 Å². The largest absolute Gasteiger partial charge is 0.321 e. The molecule has 0 radical (unpaired) electrons. The van der Waals surface area contributed by atoms with Crippen LogP contribution in [0.2, 0.25) is 0 Å². The first-order valence-electron chi connectivity index (χ1n) is 6.39. The molecule has 1 aromatic carbocycles. The Morgan fingerprint density at radius 3 is 2.17 bits per heavy atom. The minimum Gasteiger partial charge on any atom is -0.321 e. The molecule has 1 aromatic heterocycles. The zero-order valence-electron chi connectivity index (χ0n) is 11.1. The fourth-order valence-corrected chi connectivity index (χ4v) is 2.15. The Morgan fingerprint density at radius 1 is 1.00 bits per heavy atom. The Balaban J connectivity index is 2.19. The molecule has 1 atom stereocenters. The molecule has 2 nitrogen and oxygen atoms in total. The van der Waals surface area contributed by atoms with Crippen molar-refractivity contribution in [2.24, 2.45) is 5.73 Å². The molecule has 0 aliphatic heterocycles. The van der Waals surface area contributed by atoms with E-state index in [1.807, 2.05) is 24.5 Å². The summed E-state index contributed by atoms with van der Waals surface area (Å²) in [4.78, 5) is 4.03. The van der Waals surface area contributed by atoms with Crippen molar-refractivity contribution in [1.29, 1.82) is 0 Å². The third-order valence-corrected chi connectivity index (χ3v) is 3.34. The summed E-state index contributed by atoms with van der Waals surface area (Å²) in [6.45, 7) is 4.24. The van der Waals surface area contributed by atoms with Gasteiger partial charge in [0, 0.05) is 17.9 Å². The van der Waals surface area contributed by atoms with Crippen LogP contribution in [0.5, 0.6) is 0 Å². The van der Waals surface area contributed by atoms with E-state index in [1.165, 1.54) is 16.7 Å². The van der Waals surface area contributed by atoms with Crippen LogP contribution >= 0.6 is 0 Å². The summed E-state index contributed by atoms with van der Waals surface area (Å²) >= 11 is 0. The molecule has 2 aromatic rings. The molecule has 1 heterocycles. The zero-order valence-corrected chi connectivity index (χ0v) is 11.1. The van der Waals surface area contributed by atoms with Crippen molar-refractivity contribution in [3.8, 4) is 0 Å². The number of aromatic nitrogens is 1. The Labute approximate surface area is 109 Å². The van der Waals surface area contributed by atoms with E-state index in [-0.39, 0.29) is 5.54 Å². The molecule has 1 unspecified atom stereocenters. The second kappa shape index (κ2) is 5.32. The Bertz CT molecular complexity index is 486. The van der Waals surface area contributed by atoms with Crippen LogP contribution in [-0.2, 0) is 18.4 Å². The summed E-state index contributed by atoms with van der Waals surface area (Å²) in [5.74, 6) is 0. The first-order valence-corrected chi connectivity index (χ1v) is 6.39. The SMILES string of the molecule is CCc1ccc(C(C)(N)Cc2ccncc2)cc1. The van der Waals surface area contributed by atoms with Gasteiger partial charge < -0.3 is 5.73 Å². The van der Waals surface area contributed by atoms with Crippen LogP contribution in [0.15, 0.2) is 48.8 Å². The maximum absolute atomic E-state index is 6.44. The first-order chi connectivity index (χ1) is 8.62. The predicted molar refractivity (Wildman–Crippen MR) is 75.3 cm³/mol. The lowest BCUT2D eigenvalue weighted by molar-refractivity contribution is 0.491. The molecule has 0 saturated heterocycles. The number of nitrogens with two attached hydrogens (primary N) is 1. The summed E-state index contributed by atoms with van der Waals surface area (Å²) in [5.41, 5.74) is 9.84. The Morgan fingerprint density at radius 2 is 1.61 bits per heavy atom.